The second-order valence-corrected chi connectivity index (χ2v) is 7.95. The third-order valence-electron chi connectivity index (χ3n) is 5.78. The maximum atomic E-state index is 14.5. The number of benzene rings is 3. The van der Waals surface area contributed by atoms with E-state index in [1.165, 1.54) is 17.7 Å². The number of hydrogen-bond donors (Lipinski definition) is 0. The summed E-state index contributed by atoms with van der Waals surface area (Å²) in [5.74, 6) is -0.599. The van der Waals surface area contributed by atoms with Gasteiger partial charge in [-0.25, -0.2) is 8.78 Å². The fraction of sp³-hybridized carbons (Fsp3) is 0.308. The van der Waals surface area contributed by atoms with Gasteiger partial charge in [0.2, 0.25) is 0 Å². The molecule has 0 amide bonds. The summed E-state index contributed by atoms with van der Waals surface area (Å²) in [7, 11) is 0. The van der Waals surface area contributed by atoms with Crippen LogP contribution in [0, 0.1) is 11.6 Å². The van der Waals surface area contributed by atoms with Crippen molar-refractivity contribution in [1.29, 1.82) is 0 Å². The first-order valence-corrected chi connectivity index (χ1v) is 10.8. The van der Waals surface area contributed by atoms with Crippen molar-refractivity contribution in [1.82, 2.24) is 9.80 Å². The summed E-state index contributed by atoms with van der Waals surface area (Å²) in [6.45, 7) is 5.63. The largest absolute Gasteiger partial charge is 0.483 e. The molecule has 1 saturated heterocycles. The van der Waals surface area contributed by atoms with E-state index in [0.717, 1.165) is 39.3 Å². The van der Waals surface area contributed by atoms with E-state index in [1.807, 2.05) is 6.07 Å². The molecule has 1 fully saturated rings. The molecule has 0 bridgehead atoms. The molecule has 3 aromatic carbocycles. The van der Waals surface area contributed by atoms with E-state index in [4.69, 9.17) is 4.74 Å². The van der Waals surface area contributed by atoms with E-state index in [-0.39, 0.29) is 11.6 Å². The Morgan fingerprint density at radius 1 is 0.710 bits per heavy atom. The van der Waals surface area contributed by atoms with Crippen molar-refractivity contribution in [2.45, 2.75) is 19.1 Å². The van der Waals surface area contributed by atoms with Crippen molar-refractivity contribution in [3.63, 3.8) is 0 Å². The Balaban J connectivity index is 1.36. The summed E-state index contributed by atoms with van der Waals surface area (Å²) in [4.78, 5) is 4.83. The quantitative estimate of drug-likeness (QED) is 0.490. The average Bonchev–Trinajstić information content (AvgIpc) is 2.80. The van der Waals surface area contributed by atoms with Gasteiger partial charge >= 0.3 is 0 Å². The zero-order valence-electron chi connectivity index (χ0n) is 17.6. The molecule has 1 aliphatic rings. The summed E-state index contributed by atoms with van der Waals surface area (Å²) >= 11 is 0. The van der Waals surface area contributed by atoms with Crippen LogP contribution in [0.15, 0.2) is 78.9 Å². The van der Waals surface area contributed by atoms with Crippen LogP contribution < -0.4 is 4.74 Å². The van der Waals surface area contributed by atoms with E-state index in [2.05, 4.69) is 34.1 Å². The third-order valence-corrected chi connectivity index (χ3v) is 5.78. The first-order valence-electron chi connectivity index (χ1n) is 10.8. The fourth-order valence-corrected chi connectivity index (χ4v) is 4.02. The Labute approximate surface area is 182 Å². The monoisotopic (exact) mass is 422 g/mol. The van der Waals surface area contributed by atoms with Crippen molar-refractivity contribution in [2.24, 2.45) is 0 Å². The Bertz CT molecular complexity index is 958. The number of ether oxygens (including phenoxy) is 1. The average molecular weight is 423 g/mol. The van der Waals surface area contributed by atoms with Gasteiger partial charge in [0.15, 0.2) is 11.6 Å². The molecule has 162 valence electrons. The molecule has 31 heavy (non-hydrogen) atoms. The number of hydrogen-bond acceptors (Lipinski definition) is 3. The van der Waals surface area contributed by atoms with E-state index >= 15 is 0 Å². The lowest BCUT2D eigenvalue weighted by Gasteiger charge is -2.35. The molecule has 1 heterocycles. The molecule has 4 rings (SSSR count). The van der Waals surface area contributed by atoms with Gasteiger partial charge in [0, 0.05) is 51.3 Å². The molecule has 0 saturated carbocycles. The Morgan fingerprint density at radius 3 is 2.03 bits per heavy atom. The summed E-state index contributed by atoms with van der Waals surface area (Å²) in [6.07, 6.45) is 0.0500. The topological polar surface area (TPSA) is 15.7 Å². The highest BCUT2D eigenvalue weighted by atomic mass is 19.1. The Morgan fingerprint density at radius 2 is 1.32 bits per heavy atom. The highest BCUT2D eigenvalue weighted by Crippen LogP contribution is 2.29. The Hall–Kier alpha value is -2.76. The molecule has 0 radical (unpaired) electrons. The number of piperazine rings is 1. The van der Waals surface area contributed by atoms with Gasteiger partial charge < -0.3 is 9.64 Å². The number of para-hydroxylation sites is 1. The normalized spacial score (nSPS) is 16.2. The maximum Gasteiger partial charge on any atom is 0.165 e. The second-order valence-electron chi connectivity index (χ2n) is 7.95. The maximum absolute atomic E-state index is 14.5. The minimum Gasteiger partial charge on any atom is -0.483 e. The second kappa shape index (κ2) is 10.5. The SMILES string of the molecule is Fc1ccccc1OC(CCN1CCN(Cc2ccccc2)CC1)c1ccccc1F. The molecule has 0 N–H and O–H groups in total. The van der Waals surface area contributed by atoms with Gasteiger partial charge in [0.1, 0.15) is 11.9 Å². The van der Waals surface area contributed by atoms with Crippen LogP contribution in [-0.2, 0) is 6.54 Å². The van der Waals surface area contributed by atoms with Gasteiger partial charge in [-0.15, -0.1) is 0 Å². The standard InChI is InChI=1S/C26H28F2N2O/c27-23-11-5-4-10-22(23)25(31-26-13-7-6-12-24(26)28)14-15-29-16-18-30(19-17-29)20-21-8-2-1-3-9-21/h1-13,25H,14-20H2. The van der Waals surface area contributed by atoms with Crippen LogP contribution in [0.25, 0.3) is 0 Å². The zero-order chi connectivity index (χ0) is 21.5. The van der Waals surface area contributed by atoms with Gasteiger partial charge in [-0.3, -0.25) is 4.90 Å². The van der Waals surface area contributed by atoms with Crippen molar-refractivity contribution in [3.8, 4) is 5.75 Å². The van der Waals surface area contributed by atoms with Crippen LogP contribution in [0.4, 0.5) is 8.78 Å². The minimum absolute atomic E-state index is 0.156. The lowest BCUT2D eigenvalue weighted by Crippen LogP contribution is -2.46. The fourth-order valence-electron chi connectivity index (χ4n) is 4.02. The molecule has 1 unspecified atom stereocenters. The van der Waals surface area contributed by atoms with Crippen LogP contribution in [-0.4, -0.2) is 42.5 Å². The minimum atomic E-state index is -0.541. The van der Waals surface area contributed by atoms with Crippen LogP contribution in [0.2, 0.25) is 0 Å². The molecule has 1 atom stereocenters. The number of nitrogens with zero attached hydrogens (tertiary/aromatic N) is 2. The Kier molecular flexibility index (Phi) is 7.28. The summed E-state index contributed by atoms with van der Waals surface area (Å²) in [6, 6.07) is 23.4. The van der Waals surface area contributed by atoms with Crippen LogP contribution in [0.5, 0.6) is 5.75 Å². The first-order chi connectivity index (χ1) is 15.2. The van der Waals surface area contributed by atoms with Crippen molar-refractivity contribution >= 4 is 0 Å². The van der Waals surface area contributed by atoms with Gasteiger partial charge in [-0.2, -0.15) is 0 Å². The smallest absolute Gasteiger partial charge is 0.165 e. The molecule has 0 aromatic heterocycles. The highest BCUT2D eigenvalue weighted by Gasteiger charge is 2.22. The van der Waals surface area contributed by atoms with Crippen LogP contribution in [0.1, 0.15) is 23.7 Å². The van der Waals surface area contributed by atoms with E-state index in [9.17, 15) is 8.78 Å². The van der Waals surface area contributed by atoms with Crippen molar-refractivity contribution in [3.05, 3.63) is 102 Å². The lowest BCUT2D eigenvalue weighted by atomic mass is 10.0. The van der Waals surface area contributed by atoms with Crippen LogP contribution in [0.3, 0.4) is 0 Å². The van der Waals surface area contributed by atoms with Crippen molar-refractivity contribution in [2.75, 3.05) is 32.7 Å². The molecule has 1 aliphatic heterocycles. The van der Waals surface area contributed by atoms with E-state index in [1.54, 1.807) is 36.4 Å². The summed E-state index contributed by atoms with van der Waals surface area (Å²) < 4.78 is 34.6. The van der Waals surface area contributed by atoms with E-state index in [0.29, 0.717) is 12.0 Å². The highest BCUT2D eigenvalue weighted by molar-refractivity contribution is 5.27. The van der Waals surface area contributed by atoms with Gasteiger partial charge in [-0.1, -0.05) is 60.7 Å². The zero-order valence-corrected chi connectivity index (χ0v) is 17.6. The predicted molar refractivity (Wildman–Crippen MR) is 119 cm³/mol. The van der Waals surface area contributed by atoms with Crippen molar-refractivity contribution < 1.29 is 13.5 Å². The first kappa shape index (κ1) is 21.5. The van der Waals surface area contributed by atoms with Gasteiger partial charge in [-0.05, 0) is 23.8 Å². The molecule has 3 aromatic rings. The summed E-state index contributed by atoms with van der Waals surface area (Å²) in [5.41, 5.74) is 1.79. The van der Waals surface area contributed by atoms with Crippen LogP contribution >= 0.6 is 0 Å². The number of rotatable bonds is 8. The van der Waals surface area contributed by atoms with E-state index < -0.39 is 11.9 Å². The number of halogens is 2. The molecule has 0 aliphatic carbocycles. The summed E-state index contributed by atoms with van der Waals surface area (Å²) in [5, 5.41) is 0. The molecule has 0 spiro atoms. The van der Waals surface area contributed by atoms with Gasteiger partial charge in [0.25, 0.3) is 0 Å². The molecular weight excluding hydrogens is 394 g/mol. The van der Waals surface area contributed by atoms with Gasteiger partial charge in [0.05, 0.1) is 0 Å². The third kappa shape index (κ3) is 5.90. The lowest BCUT2D eigenvalue weighted by molar-refractivity contribution is 0.104. The molecular formula is C26H28F2N2O. The predicted octanol–water partition coefficient (Wildman–Crippen LogP) is 5.29. The molecule has 3 nitrogen and oxygen atoms in total. The molecule has 5 heteroatoms.